The Bertz CT molecular complexity index is 418. The molecule has 5 nitrogen and oxygen atoms in total. The number of likely N-dealkylation sites (N-methyl/N-ethyl adjacent to an activating group) is 1. The van der Waals surface area contributed by atoms with Crippen molar-refractivity contribution in [1.29, 1.82) is 0 Å². The molecule has 2 bridgehead atoms. The Balaban J connectivity index is 1.83. The van der Waals surface area contributed by atoms with Crippen molar-refractivity contribution >= 4 is 17.6 Å². The molecule has 3 atom stereocenters. The molecular formula is C14H20N2O3. The molecule has 0 aromatic rings. The van der Waals surface area contributed by atoms with E-state index in [9.17, 15) is 14.4 Å². The number of hydrogen-bond donors (Lipinski definition) is 0. The van der Waals surface area contributed by atoms with Crippen LogP contribution < -0.4 is 0 Å². The van der Waals surface area contributed by atoms with Gasteiger partial charge in [0.2, 0.25) is 11.8 Å². The molecule has 0 spiro atoms. The molecule has 3 aliphatic heterocycles. The minimum absolute atomic E-state index is 0.0810. The van der Waals surface area contributed by atoms with Crippen LogP contribution in [0.25, 0.3) is 0 Å². The third-order valence-electron chi connectivity index (χ3n) is 4.83. The molecule has 5 heteroatoms. The van der Waals surface area contributed by atoms with E-state index in [0.717, 1.165) is 19.3 Å². The highest BCUT2D eigenvalue weighted by Crippen LogP contribution is 2.36. The van der Waals surface area contributed by atoms with Crippen molar-refractivity contribution in [2.75, 3.05) is 7.05 Å². The highest BCUT2D eigenvalue weighted by molar-refractivity contribution is 6.00. The molecular weight excluding hydrogens is 244 g/mol. The average Bonchev–Trinajstić information content (AvgIpc) is 2.36. The lowest BCUT2D eigenvalue weighted by Gasteiger charge is -2.50. The van der Waals surface area contributed by atoms with Crippen LogP contribution in [0, 0.1) is 0 Å². The van der Waals surface area contributed by atoms with E-state index in [1.807, 2.05) is 0 Å². The smallest absolute Gasteiger partial charge is 0.246 e. The van der Waals surface area contributed by atoms with Crippen LogP contribution in [0.4, 0.5) is 0 Å². The molecule has 0 N–H and O–H groups in total. The van der Waals surface area contributed by atoms with Crippen molar-refractivity contribution in [3.63, 3.8) is 0 Å². The van der Waals surface area contributed by atoms with Crippen LogP contribution in [-0.2, 0) is 14.4 Å². The van der Waals surface area contributed by atoms with Gasteiger partial charge in [0.25, 0.3) is 0 Å². The molecule has 104 valence electrons. The lowest BCUT2D eigenvalue weighted by molar-refractivity contribution is -0.156. The summed E-state index contributed by atoms with van der Waals surface area (Å²) >= 11 is 0. The van der Waals surface area contributed by atoms with Gasteiger partial charge in [-0.2, -0.15) is 0 Å². The van der Waals surface area contributed by atoms with Gasteiger partial charge in [-0.05, 0) is 19.3 Å². The van der Waals surface area contributed by atoms with Crippen molar-refractivity contribution in [1.82, 2.24) is 9.80 Å². The predicted octanol–water partition coefficient (Wildman–Crippen LogP) is 0.720. The second kappa shape index (κ2) is 4.71. The van der Waals surface area contributed by atoms with E-state index in [4.69, 9.17) is 0 Å². The molecule has 0 aliphatic carbocycles. The topological polar surface area (TPSA) is 57.7 Å². The quantitative estimate of drug-likeness (QED) is 0.655. The van der Waals surface area contributed by atoms with Crippen LogP contribution in [0.2, 0.25) is 0 Å². The molecule has 3 unspecified atom stereocenters. The summed E-state index contributed by atoms with van der Waals surface area (Å²) in [5.41, 5.74) is 0. The molecule has 2 amide bonds. The molecule has 3 heterocycles. The van der Waals surface area contributed by atoms with E-state index in [-0.39, 0.29) is 29.9 Å². The Morgan fingerprint density at radius 2 is 1.63 bits per heavy atom. The van der Waals surface area contributed by atoms with Crippen molar-refractivity contribution in [2.45, 2.75) is 63.1 Å². The summed E-state index contributed by atoms with van der Waals surface area (Å²) < 4.78 is 0. The Hall–Kier alpha value is -1.23. The maximum absolute atomic E-state index is 12.3. The van der Waals surface area contributed by atoms with Crippen LogP contribution in [0.15, 0.2) is 0 Å². The molecule has 3 aliphatic rings. The fourth-order valence-electron chi connectivity index (χ4n) is 3.89. The van der Waals surface area contributed by atoms with E-state index >= 15 is 0 Å². The SMILES string of the molecule is CN1C(=O)CCC(N2C3CCCC2CC(=O)C3)C1=O. The van der Waals surface area contributed by atoms with E-state index < -0.39 is 0 Å². The summed E-state index contributed by atoms with van der Waals surface area (Å²) in [5, 5.41) is 0. The molecule has 19 heavy (non-hydrogen) atoms. The minimum atomic E-state index is -0.189. The third kappa shape index (κ3) is 2.10. The van der Waals surface area contributed by atoms with Gasteiger partial charge in [-0.25, -0.2) is 0 Å². The second-order valence-corrected chi connectivity index (χ2v) is 5.98. The van der Waals surface area contributed by atoms with Crippen LogP contribution in [0.3, 0.4) is 0 Å². The summed E-state index contributed by atoms with van der Waals surface area (Å²) in [6, 6.07) is 0.247. The van der Waals surface area contributed by atoms with Crippen molar-refractivity contribution in [2.24, 2.45) is 0 Å². The van der Waals surface area contributed by atoms with E-state index in [2.05, 4.69) is 4.90 Å². The number of carbonyl (C=O) groups excluding carboxylic acids is 3. The van der Waals surface area contributed by atoms with Gasteiger partial charge in [-0.3, -0.25) is 24.2 Å². The molecule has 3 rings (SSSR count). The number of nitrogens with zero attached hydrogens (tertiary/aromatic N) is 2. The van der Waals surface area contributed by atoms with E-state index in [1.165, 1.54) is 4.90 Å². The first-order chi connectivity index (χ1) is 9.08. The van der Waals surface area contributed by atoms with Crippen molar-refractivity contribution in [3.05, 3.63) is 0 Å². The van der Waals surface area contributed by atoms with Gasteiger partial charge < -0.3 is 0 Å². The summed E-state index contributed by atoms with van der Waals surface area (Å²) in [4.78, 5) is 39.1. The summed E-state index contributed by atoms with van der Waals surface area (Å²) in [6.07, 6.45) is 5.37. The second-order valence-electron chi connectivity index (χ2n) is 5.98. The first-order valence-corrected chi connectivity index (χ1v) is 7.17. The molecule has 3 fully saturated rings. The average molecular weight is 264 g/mol. The number of hydrogen-bond acceptors (Lipinski definition) is 4. The number of rotatable bonds is 1. The van der Waals surface area contributed by atoms with Gasteiger partial charge in [-0.1, -0.05) is 6.42 Å². The Morgan fingerprint density at radius 1 is 1.00 bits per heavy atom. The van der Waals surface area contributed by atoms with Crippen molar-refractivity contribution < 1.29 is 14.4 Å². The molecule has 0 aromatic heterocycles. The summed E-state index contributed by atoms with van der Waals surface area (Å²) in [6.45, 7) is 0. The first kappa shape index (κ1) is 12.8. The van der Waals surface area contributed by atoms with Crippen LogP contribution in [0.5, 0.6) is 0 Å². The largest absolute Gasteiger partial charge is 0.300 e. The standard InChI is InChI=1S/C14H20N2O3/c1-15-13(18)6-5-12(14(15)19)16-9-3-2-4-10(16)8-11(17)7-9/h9-10,12H,2-8H2,1H3. The fourth-order valence-corrected chi connectivity index (χ4v) is 3.89. The minimum Gasteiger partial charge on any atom is -0.300 e. The van der Waals surface area contributed by atoms with Gasteiger partial charge in [0, 0.05) is 38.4 Å². The number of likely N-dealkylation sites (tertiary alicyclic amines) is 1. The van der Waals surface area contributed by atoms with Crippen LogP contribution in [-0.4, -0.2) is 52.6 Å². The molecule has 0 aromatic carbocycles. The first-order valence-electron chi connectivity index (χ1n) is 7.17. The fraction of sp³-hybridized carbons (Fsp3) is 0.786. The zero-order valence-electron chi connectivity index (χ0n) is 11.3. The highest BCUT2D eigenvalue weighted by atomic mass is 16.2. The molecule has 3 saturated heterocycles. The lowest BCUT2D eigenvalue weighted by Crippen LogP contribution is -2.62. The number of fused-ring (bicyclic) bond motifs is 2. The number of Topliss-reactive ketones (excluding diaryl/α,β-unsaturated/α-hetero) is 1. The van der Waals surface area contributed by atoms with Crippen LogP contribution in [0.1, 0.15) is 44.9 Å². The Kier molecular flexibility index (Phi) is 3.17. The Labute approximate surface area is 112 Å². The number of piperidine rings is 3. The van der Waals surface area contributed by atoms with Gasteiger partial charge in [0.05, 0.1) is 6.04 Å². The normalized spacial score (nSPS) is 36.8. The van der Waals surface area contributed by atoms with Gasteiger partial charge in [-0.15, -0.1) is 0 Å². The van der Waals surface area contributed by atoms with Gasteiger partial charge >= 0.3 is 0 Å². The van der Waals surface area contributed by atoms with Crippen molar-refractivity contribution in [3.8, 4) is 0 Å². The highest BCUT2D eigenvalue weighted by Gasteiger charge is 2.46. The maximum Gasteiger partial charge on any atom is 0.246 e. The van der Waals surface area contributed by atoms with Gasteiger partial charge in [0.1, 0.15) is 5.78 Å². The molecule has 0 radical (unpaired) electrons. The number of imide groups is 1. The number of ketones is 1. The third-order valence-corrected chi connectivity index (χ3v) is 4.83. The predicted molar refractivity (Wildman–Crippen MR) is 68.3 cm³/mol. The van der Waals surface area contributed by atoms with E-state index in [0.29, 0.717) is 31.5 Å². The number of amides is 2. The van der Waals surface area contributed by atoms with Gasteiger partial charge in [0.15, 0.2) is 0 Å². The maximum atomic E-state index is 12.3. The zero-order valence-corrected chi connectivity index (χ0v) is 11.3. The monoisotopic (exact) mass is 264 g/mol. The zero-order chi connectivity index (χ0) is 13.6. The summed E-state index contributed by atoms with van der Waals surface area (Å²) in [5.74, 6) is 0.167. The number of carbonyl (C=O) groups is 3. The summed E-state index contributed by atoms with van der Waals surface area (Å²) in [7, 11) is 1.57. The Morgan fingerprint density at radius 3 is 2.26 bits per heavy atom. The molecule has 0 saturated carbocycles. The van der Waals surface area contributed by atoms with E-state index in [1.54, 1.807) is 7.05 Å². The lowest BCUT2D eigenvalue weighted by atomic mass is 9.81. The van der Waals surface area contributed by atoms with Crippen LogP contribution >= 0.6 is 0 Å².